The lowest BCUT2D eigenvalue weighted by atomic mass is 10.0. The Balaban J connectivity index is 2.12. The second kappa shape index (κ2) is 5.15. The van der Waals surface area contributed by atoms with Gasteiger partial charge in [0.2, 0.25) is 0 Å². The fourth-order valence-corrected chi connectivity index (χ4v) is 3.55. The molecule has 2 N–H and O–H groups in total. The van der Waals surface area contributed by atoms with Gasteiger partial charge in [-0.1, -0.05) is 24.3 Å². The van der Waals surface area contributed by atoms with Gasteiger partial charge in [0.05, 0.1) is 4.88 Å². The molecule has 0 unspecified atom stereocenters. The van der Waals surface area contributed by atoms with Crippen LogP contribution in [0.1, 0.15) is 21.7 Å². The first-order valence-electron chi connectivity index (χ1n) is 6.44. The highest BCUT2D eigenvalue weighted by molar-refractivity contribution is 7.21. The number of hydrogen-bond donors (Lipinski definition) is 2. The van der Waals surface area contributed by atoms with Crippen LogP contribution in [0.3, 0.4) is 0 Å². The van der Waals surface area contributed by atoms with Crippen LogP contribution >= 0.6 is 11.3 Å². The van der Waals surface area contributed by atoms with Crippen molar-refractivity contribution < 1.29 is 4.79 Å². The van der Waals surface area contributed by atoms with E-state index in [1.807, 2.05) is 6.07 Å². The predicted octanol–water partition coefficient (Wildman–Crippen LogP) is 2.64. The quantitative estimate of drug-likeness (QED) is 0.882. The first-order chi connectivity index (χ1) is 9.29. The third kappa shape index (κ3) is 2.29. The summed E-state index contributed by atoms with van der Waals surface area (Å²) < 4.78 is 1.20. The lowest BCUT2D eigenvalue weighted by molar-refractivity contribution is 0.0967. The van der Waals surface area contributed by atoms with Gasteiger partial charge in [-0.2, -0.15) is 0 Å². The van der Waals surface area contributed by atoms with E-state index < -0.39 is 0 Å². The molecule has 1 amide bonds. The van der Waals surface area contributed by atoms with E-state index in [9.17, 15) is 4.79 Å². The van der Waals surface area contributed by atoms with E-state index >= 15 is 0 Å². The van der Waals surface area contributed by atoms with Gasteiger partial charge in [0.15, 0.2) is 0 Å². The average molecular weight is 272 g/mol. The molecule has 0 aliphatic carbocycles. The molecule has 1 aromatic carbocycles. The molecule has 3 rings (SSSR count). The van der Waals surface area contributed by atoms with Gasteiger partial charge in [0.1, 0.15) is 0 Å². The summed E-state index contributed by atoms with van der Waals surface area (Å²) in [5.74, 6) is -0.0112. The van der Waals surface area contributed by atoms with E-state index in [0.29, 0.717) is 0 Å². The SMILES string of the molecule is CNC(=O)c1cc2cccc(C3=CCCNC3)c2s1. The predicted molar refractivity (Wildman–Crippen MR) is 80.7 cm³/mol. The minimum absolute atomic E-state index is 0.0112. The van der Waals surface area contributed by atoms with Crippen LogP contribution in [0.5, 0.6) is 0 Å². The van der Waals surface area contributed by atoms with Crippen molar-refractivity contribution in [2.24, 2.45) is 0 Å². The van der Waals surface area contributed by atoms with Crippen molar-refractivity contribution >= 4 is 32.9 Å². The molecule has 0 radical (unpaired) electrons. The third-order valence-corrected chi connectivity index (χ3v) is 4.55. The molecular weight excluding hydrogens is 256 g/mol. The van der Waals surface area contributed by atoms with E-state index in [0.717, 1.165) is 29.8 Å². The third-order valence-electron chi connectivity index (χ3n) is 3.37. The van der Waals surface area contributed by atoms with Crippen molar-refractivity contribution in [3.63, 3.8) is 0 Å². The van der Waals surface area contributed by atoms with E-state index in [2.05, 4.69) is 34.9 Å². The van der Waals surface area contributed by atoms with Crippen LogP contribution in [0.15, 0.2) is 30.3 Å². The summed E-state index contributed by atoms with van der Waals surface area (Å²) in [5, 5.41) is 7.23. The molecule has 4 heteroatoms. The van der Waals surface area contributed by atoms with E-state index in [1.54, 1.807) is 18.4 Å². The second-order valence-corrected chi connectivity index (χ2v) is 5.66. The summed E-state index contributed by atoms with van der Waals surface area (Å²) in [7, 11) is 1.67. The van der Waals surface area contributed by atoms with E-state index in [4.69, 9.17) is 0 Å². The Labute approximate surface area is 116 Å². The maximum absolute atomic E-state index is 11.7. The number of carbonyl (C=O) groups excluding carboxylic acids is 1. The van der Waals surface area contributed by atoms with Crippen molar-refractivity contribution in [3.05, 3.63) is 40.8 Å². The molecule has 0 fully saturated rings. The largest absolute Gasteiger partial charge is 0.354 e. The van der Waals surface area contributed by atoms with E-state index in [1.165, 1.54) is 15.8 Å². The van der Waals surface area contributed by atoms with Gasteiger partial charge in [-0.15, -0.1) is 11.3 Å². The molecule has 2 heterocycles. The van der Waals surface area contributed by atoms with Gasteiger partial charge in [-0.05, 0) is 35.6 Å². The Kier molecular flexibility index (Phi) is 3.36. The van der Waals surface area contributed by atoms with Gasteiger partial charge in [-0.3, -0.25) is 4.79 Å². The van der Waals surface area contributed by atoms with Crippen molar-refractivity contribution in [1.82, 2.24) is 10.6 Å². The monoisotopic (exact) mass is 272 g/mol. The minimum Gasteiger partial charge on any atom is -0.354 e. The van der Waals surface area contributed by atoms with Crippen LogP contribution < -0.4 is 10.6 Å². The van der Waals surface area contributed by atoms with Crippen LogP contribution in [0, 0.1) is 0 Å². The molecule has 1 aliphatic heterocycles. The number of rotatable bonds is 2. The number of thiophene rings is 1. The van der Waals surface area contributed by atoms with Crippen molar-refractivity contribution in [2.45, 2.75) is 6.42 Å². The van der Waals surface area contributed by atoms with Gasteiger partial charge >= 0.3 is 0 Å². The van der Waals surface area contributed by atoms with Crippen molar-refractivity contribution in [2.75, 3.05) is 20.1 Å². The summed E-state index contributed by atoms with van der Waals surface area (Å²) in [4.78, 5) is 12.5. The summed E-state index contributed by atoms with van der Waals surface area (Å²) >= 11 is 1.57. The maximum Gasteiger partial charge on any atom is 0.261 e. The first kappa shape index (κ1) is 12.4. The molecule has 0 spiro atoms. The van der Waals surface area contributed by atoms with Crippen LogP contribution in [-0.2, 0) is 0 Å². The molecule has 0 bridgehead atoms. The molecule has 0 saturated heterocycles. The average Bonchev–Trinajstić information content (AvgIpc) is 2.91. The summed E-state index contributed by atoms with van der Waals surface area (Å²) in [6, 6.07) is 8.25. The summed E-state index contributed by atoms with van der Waals surface area (Å²) in [5.41, 5.74) is 2.59. The van der Waals surface area contributed by atoms with Crippen molar-refractivity contribution in [3.8, 4) is 0 Å². The second-order valence-electron chi connectivity index (χ2n) is 4.61. The number of benzene rings is 1. The molecule has 0 atom stereocenters. The molecule has 98 valence electrons. The topological polar surface area (TPSA) is 41.1 Å². The number of carbonyl (C=O) groups is 1. The smallest absolute Gasteiger partial charge is 0.261 e. The zero-order valence-corrected chi connectivity index (χ0v) is 11.6. The maximum atomic E-state index is 11.7. The Morgan fingerprint density at radius 3 is 3.05 bits per heavy atom. The standard InChI is InChI=1S/C15H16N2OS/c1-16-15(18)13-8-10-4-2-6-12(14(10)19-13)11-5-3-7-17-9-11/h2,4-6,8,17H,3,7,9H2,1H3,(H,16,18). The highest BCUT2D eigenvalue weighted by Gasteiger charge is 2.14. The lowest BCUT2D eigenvalue weighted by Crippen LogP contribution is -2.21. The van der Waals surface area contributed by atoms with Gasteiger partial charge < -0.3 is 10.6 Å². The highest BCUT2D eigenvalue weighted by Crippen LogP contribution is 2.33. The molecule has 1 aromatic heterocycles. The van der Waals surface area contributed by atoms with Crippen LogP contribution in [0.25, 0.3) is 15.7 Å². The minimum atomic E-state index is -0.0112. The van der Waals surface area contributed by atoms with Gasteiger partial charge in [0.25, 0.3) is 5.91 Å². The zero-order chi connectivity index (χ0) is 13.2. The molecule has 1 aliphatic rings. The Hall–Kier alpha value is -1.65. The lowest BCUT2D eigenvalue weighted by Gasteiger charge is -2.15. The van der Waals surface area contributed by atoms with Gasteiger partial charge in [0, 0.05) is 18.3 Å². The normalized spacial score (nSPS) is 15.3. The number of amides is 1. The Bertz CT molecular complexity index is 657. The molecule has 2 aromatic rings. The number of hydrogen-bond acceptors (Lipinski definition) is 3. The van der Waals surface area contributed by atoms with Crippen LogP contribution in [0.4, 0.5) is 0 Å². The fraction of sp³-hybridized carbons (Fsp3) is 0.267. The molecular formula is C15H16N2OS. The highest BCUT2D eigenvalue weighted by atomic mass is 32.1. The number of fused-ring (bicyclic) bond motifs is 1. The van der Waals surface area contributed by atoms with E-state index in [-0.39, 0.29) is 5.91 Å². The van der Waals surface area contributed by atoms with Crippen molar-refractivity contribution in [1.29, 1.82) is 0 Å². The summed E-state index contributed by atoms with van der Waals surface area (Å²) in [6.45, 7) is 1.96. The molecule has 0 saturated carbocycles. The summed E-state index contributed by atoms with van der Waals surface area (Å²) in [6.07, 6.45) is 3.37. The number of nitrogens with one attached hydrogen (secondary N) is 2. The fourth-order valence-electron chi connectivity index (χ4n) is 2.40. The van der Waals surface area contributed by atoms with Crippen LogP contribution in [0.2, 0.25) is 0 Å². The molecule has 19 heavy (non-hydrogen) atoms. The van der Waals surface area contributed by atoms with Gasteiger partial charge in [-0.25, -0.2) is 0 Å². The Morgan fingerprint density at radius 2 is 2.32 bits per heavy atom. The van der Waals surface area contributed by atoms with Crippen LogP contribution in [-0.4, -0.2) is 26.0 Å². The zero-order valence-electron chi connectivity index (χ0n) is 10.8. The molecule has 3 nitrogen and oxygen atoms in total. The Morgan fingerprint density at radius 1 is 1.42 bits per heavy atom. The first-order valence-corrected chi connectivity index (χ1v) is 7.26.